The fraction of sp³-hybridized carbons (Fsp3) is 0.600. The first-order valence-corrected chi connectivity index (χ1v) is 7.08. The van der Waals surface area contributed by atoms with E-state index >= 15 is 0 Å². The van der Waals surface area contributed by atoms with Crippen LogP contribution < -0.4 is 0 Å². The number of hydrogen-bond acceptors (Lipinski definition) is 3. The summed E-state index contributed by atoms with van der Waals surface area (Å²) in [6.07, 6.45) is 6.13. The highest BCUT2D eigenvalue weighted by atomic mass is 16.6. The maximum atomic E-state index is 10.4. The van der Waals surface area contributed by atoms with Crippen molar-refractivity contribution in [3.63, 3.8) is 0 Å². The Kier molecular flexibility index (Phi) is 3.05. The van der Waals surface area contributed by atoms with E-state index in [-0.39, 0.29) is 29.9 Å². The smallest absolute Gasteiger partial charge is 0.198 e. The van der Waals surface area contributed by atoms with Gasteiger partial charge in [0, 0.05) is 30.0 Å². The van der Waals surface area contributed by atoms with Crippen molar-refractivity contribution in [2.75, 3.05) is 0 Å². The first-order valence-electron chi connectivity index (χ1n) is 7.08. The molecule has 19 heavy (non-hydrogen) atoms. The zero-order valence-corrected chi connectivity index (χ0v) is 11.3. The second-order valence-corrected chi connectivity index (χ2v) is 5.53. The van der Waals surface area contributed by atoms with Crippen molar-refractivity contribution in [3.05, 3.63) is 23.8 Å². The normalized spacial score (nSPS) is 27.7. The van der Waals surface area contributed by atoms with Gasteiger partial charge in [-0.05, 0) is 6.42 Å². The number of rotatable bonds is 5. The summed E-state index contributed by atoms with van der Waals surface area (Å²) in [6, 6.07) is 0. The Balaban J connectivity index is 2.00. The summed E-state index contributed by atoms with van der Waals surface area (Å²) in [6.45, 7) is 6.26. The van der Waals surface area contributed by atoms with Crippen LogP contribution in [0, 0.1) is 0 Å². The number of aromatic nitrogens is 1. The lowest BCUT2D eigenvalue weighted by molar-refractivity contribution is 0.334. The monoisotopic (exact) mass is 263 g/mol. The van der Waals surface area contributed by atoms with Crippen LogP contribution >= 0.6 is 0 Å². The molecule has 1 aliphatic carbocycles. The minimum absolute atomic E-state index is 0.183. The van der Waals surface area contributed by atoms with E-state index in [1.165, 1.54) is 0 Å². The first-order chi connectivity index (χ1) is 9.19. The van der Waals surface area contributed by atoms with Crippen molar-refractivity contribution in [1.82, 2.24) is 4.57 Å². The van der Waals surface area contributed by atoms with Gasteiger partial charge in [-0.2, -0.15) is 0 Å². The van der Waals surface area contributed by atoms with Crippen molar-refractivity contribution >= 4 is 0 Å². The van der Waals surface area contributed by atoms with Crippen molar-refractivity contribution in [2.45, 2.75) is 57.3 Å². The van der Waals surface area contributed by atoms with Crippen molar-refractivity contribution in [2.24, 2.45) is 0 Å². The average Bonchev–Trinajstić information content (AvgIpc) is 3.14. The zero-order chi connectivity index (χ0) is 13.6. The number of nitrogens with zero attached hydrogens (tertiary/aromatic N) is 1. The molecule has 3 atom stereocenters. The van der Waals surface area contributed by atoms with E-state index in [2.05, 4.69) is 13.5 Å². The summed E-state index contributed by atoms with van der Waals surface area (Å²) in [4.78, 5) is 0. The van der Waals surface area contributed by atoms with Crippen LogP contribution in [0.15, 0.2) is 12.7 Å². The Morgan fingerprint density at radius 3 is 2.89 bits per heavy atom. The Morgan fingerprint density at radius 1 is 1.42 bits per heavy atom. The van der Waals surface area contributed by atoms with Gasteiger partial charge < -0.3 is 14.9 Å². The second kappa shape index (κ2) is 4.60. The number of ether oxygens (including phenoxy) is 1. The molecule has 0 aromatic carbocycles. The van der Waals surface area contributed by atoms with E-state index in [0.29, 0.717) is 13.0 Å². The number of allylic oxidation sites excluding steroid dienone is 1. The van der Waals surface area contributed by atoms with Crippen LogP contribution in [-0.4, -0.2) is 27.0 Å². The van der Waals surface area contributed by atoms with Crippen LogP contribution in [0.5, 0.6) is 11.8 Å². The molecule has 3 unspecified atom stereocenters. The standard InChI is InChI=1S/C15H21NO3/c1-3-5-6-9-12-10(8-11-13(9)19-11)14(17)16(7-4-2)15(12)18/h4,9,11,13,17-18H,2-3,5-8H2,1H3. The predicted molar refractivity (Wildman–Crippen MR) is 72.6 cm³/mol. The quantitative estimate of drug-likeness (QED) is 0.634. The minimum atomic E-state index is 0.183. The third kappa shape index (κ3) is 1.86. The molecule has 2 aliphatic rings. The molecule has 0 amide bonds. The van der Waals surface area contributed by atoms with Crippen LogP contribution in [0.1, 0.15) is 43.2 Å². The molecule has 1 aliphatic heterocycles. The Bertz CT molecular complexity index is 506. The van der Waals surface area contributed by atoms with Crippen LogP contribution in [-0.2, 0) is 17.7 Å². The molecule has 1 aromatic rings. The Morgan fingerprint density at radius 2 is 2.21 bits per heavy atom. The Labute approximate surface area is 113 Å². The van der Waals surface area contributed by atoms with Gasteiger partial charge in [-0.15, -0.1) is 6.58 Å². The van der Waals surface area contributed by atoms with Gasteiger partial charge in [-0.25, -0.2) is 0 Å². The van der Waals surface area contributed by atoms with Gasteiger partial charge in [0.25, 0.3) is 0 Å². The summed E-state index contributed by atoms with van der Waals surface area (Å²) in [5.74, 6) is 0.607. The molecular formula is C15H21NO3. The molecule has 4 heteroatoms. The molecular weight excluding hydrogens is 242 g/mol. The topological polar surface area (TPSA) is 57.9 Å². The molecule has 4 nitrogen and oxygen atoms in total. The molecule has 1 saturated heterocycles. The lowest BCUT2D eigenvalue weighted by Crippen LogP contribution is -2.17. The SMILES string of the molecule is C=CCn1c(O)c2c(c1O)C(CCCC)C1OC1C2. The van der Waals surface area contributed by atoms with Gasteiger partial charge in [0.15, 0.2) is 11.8 Å². The molecule has 3 rings (SSSR count). The third-order valence-electron chi connectivity index (χ3n) is 4.32. The van der Waals surface area contributed by atoms with E-state index in [0.717, 1.165) is 30.4 Å². The van der Waals surface area contributed by atoms with Gasteiger partial charge in [-0.1, -0.05) is 25.8 Å². The van der Waals surface area contributed by atoms with E-state index < -0.39 is 0 Å². The zero-order valence-electron chi connectivity index (χ0n) is 11.3. The number of hydrogen-bond donors (Lipinski definition) is 2. The van der Waals surface area contributed by atoms with Crippen LogP contribution in [0.4, 0.5) is 0 Å². The highest BCUT2D eigenvalue weighted by molar-refractivity contribution is 5.51. The number of unbranched alkanes of at least 4 members (excludes halogenated alkanes) is 1. The lowest BCUT2D eigenvalue weighted by atomic mass is 9.82. The molecule has 0 spiro atoms. The summed E-state index contributed by atoms with van der Waals surface area (Å²) in [7, 11) is 0. The van der Waals surface area contributed by atoms with Crippen molar-refractivity contribution < 1.29 is 14.9 Å². The van der Waals surface area contributed by atoms with Gasteiger partial charge in [0.05, 0.1) is 12.2 Å². The molecule has 2 N–H and O–H groups in total. The fourth-order valence-corrected chi connectivity index (χ4v) is 3.33. The Hall–Kier alpha value is -1.42. The van der Waals surface area contributed by atoms with Gasteiger partial charge in [0.1, 0.15) is 0 Å². The van der Waals surface area contributed by atoms with E-state index in [9.17, 15) is 10.2 Å². The molecule has 2 heterocycles. The largest absolute Gasteiger partial charge is 0.494 e. The van der Waals surface area contributed by atoms with E-state index in [1.807, 2.05) is 0 Å². The third-order valence-corrected chi connectivity index (χ3v) is 4.32. The number of epoxide rings is 1. The maximum absolute atomic E-state index is 10.4. The van der Waals surface area contributed by atoms with Crippen molar-refractivity contribution in [3.8, 4) is 11.8 Å². The predicted octanol–water partition coefficient (Wildman–Crippen LogP) is 2.68. The van der Waals surface area contributed by atoms with Crippen LogP contribution in [0.3, 0.4) is 0 Å². The van der Waals surface area contributed by atoms with Gasteiger partial charge in [-0.3, -0.25) is 4.57 Å². The minimum Gasteiger partial charge on any atom is -0.494 e. The molecule has 1 fully saturated rings. The summed E-state index contributed by atoms with van der Waals surface area (Å²) in [5.41, 5.74) is 1.78. The van der Waals surface area contributed by atoms with Crippen LogP contribution in [0.2, 0.25) is 0 Å². The van der Waals surface area contributed by atoms with E-state index in [1.54, 1.807) is 10.6 Å². The summed E-state index contributed by atoms with van der Waals surface area (Å²) >= 11 is 0. The maximum Gasteiger partial charge on any atom is 0.198 e. The molecule has 1 aromatic heterocycles. The second-order valence-electron chi connectivity index (χ2n) is 5.53. The number of aromatic hydroxyl groups is 2. The molecule has 104 valence electrons. The van der Waals surface area contributed by atoms with Crippen molar-refractivity contribution in [1.29, 1.82) is 0 Å². The lowest BCUT2D eigenvalue weighted by Gasteiger charge is -2.19. The summed E-state index contributed by atoms with van der Waals surface area (Å²) < 4.78 is 7.23. The van der Waals surface area contributed by atoms with Gasteiger partial charge >= 0.3 is 0 Å². The molecule has 0 radical (unpaired) electrons. The van der Waals surface area contributed by atoms with E-state index in [4.69, 9.17) is 4.74 Å². The highest BCUT2D eigenvalue weighted by Gasteiger charge is 2.52. The molecule has 0 saturated carbocycles. The average molecular weight is 263 g/mol. The number of fused-ring (bicyclic) bond motifs is 2. The summed E-state index contributed by atoms with van der Waals surface area (Å²) in [5, 5.41) is 20.7. The van der Waals surface area contributed by atoms with Crippen LogP contribution in [0.25, 0.3) is 0 Å². The molecule has 0 bridgehead atoms. The fourth-order valence-electron chi connectivity index (χ4n) is 3.33. The van der Waals surface area contributed by atoms with Gasteiger partial charge in [0.2, 0.25) is 0 Å². The highest BCUT2D eigenvalue weighted by Crippen LogP contribution is 2.53. The first kappa shape index (κ1) is 12.6.